The first-order chi connectivity index (χ1) is 33.9. The van der Waals surface area contributed by atoms with Gasteiger partial charge in [-0.2, -0.15) is 55.3 Å². The molecule has 2 aliphatic heterocycles. The van der Waals surface area contributed by atoms with Crippen molar-refractivity contribution in [2.24, 2.45) is 12.0 Å². The van der Waals surface area contributed by atoms with Crippen LogP contribution in [0.15, 0.2) is 176 Å². The standard InChI is InChI=1S/C45H32N4O12S4.CHF3O3S.Cu.H2O/c1-49-40-24-25-41(49)45(29-8-16-33(17-9-29)65(59,60)61)39-23-21-37(48-39)43(27-4-12-31(13-5-27)63(53,54)55)35-19-18-34(46-35)42(26-2-10-30(11-3-26)62(50,51)52)36-20-22-38(47-36)44(40)28-6-14-32(15-7-28)64(56,57)58;2-1(3,4)8(5,6)7;;/h2-25,42H,1H3,(H,50,51,52)(H,53,54,55)(H,56,57,58)(H,59,60,61);(H,5,6,7);;1H2/q-2;;+2;/b43-37-,44-38-,45-39-;;;. The van der Waals surface area contributed by atoms with Crippen LogP contribution in [0.25, 0.3) is 16.7 Å². The largest absolute Gasteiger partial charge is 2.00 e. The molecule has 1 unspecified atom stereocenters. The molecule has 75 heavy (non-hydrogen) atoms. The first-order valence-corrected chi connectivity index (χ1v) is 27.6. The molecule has 8 bridgehead atoms. The Bertz CT molecular complexity index is 4190. The van der Waals surface area contributed by atoms with E-state index in [9.17, 15) is 65.1 Å². The summed E-state index contributed by atoms with van der Waals surface area (Å²) in [4.78, 5) is 13.9. The van der Waals surface area contributed by atoms with Crippen LogP contribution in [0.4, 0.5) is 13.2 Å². The van der Waals surface area contributed by atoms with Crippen molar-refractivity contribution in [3.05, 3.63) is 207 Å². The van der Waals surface area contributed by atoms with Gasteiger partial charge < -0.3 is 20.0 Å². The van der Waals surface area contributed by atoms with Gasteiger partial charge in [0.2, 0.25) is 0 Å². The number of hydrogen-bond acceptors (Lipinski definition) is 11. The van der Waals surface area contributed by atoms with E-state index in [1.807, 2.05) is 16.7 Å². The summed E-state index contributed by atoms with van der Waals surface area (Å²) in [5.74, 6) is -0.759. The van der Waals surface area contributed by atoms with Gasteiger partial charge >= 0.3 is 32.7 Å². The summed E-state index contributed by atoms with van der Waals surface area (Å²) >= 11 is 0. The SMILES string of the molecule is Cn1c2ccc1/C(c1ccc(S(=O)(=O)O)cc1)=c1/cc/c([n-]1)=C(\c1ccc(S(=O)(=O)O)cc1)c1ccc([n-]1)C(c1ccc(S(=O)(=O)O)cc1)C1=N/C(=C\2c2ccc(S(=O)(=O)O)cc2)C=C1.O.O=S(=O)(O)C(F)(F)F.[Cu+2]. The molecule has 2 aliphatic rings. The van der Waals surface area contributed by atoms with Crippen molar-refractivity contribution in [1.29, 1.82) is 0 Å². The Labute approximate surface area is 435 Å². The molecular weight excluding hydrogens is 1150 g/mol. The van der Waals surface area contributed by atoms with E-state index in [-0.39, 0.29) is 42.1 Å². The molecule has 1 radical (unpaired) electrons. The smallest absolute Gasteiger partial charge is 0.660 e. The van der Waals surface area contributed by atoms with Gasteiger partial charge in [0.1, 0.15) is 0 Å². The number of aromatic nitrogens is 3. The Morgan fingerprint density at radius 2 is 0.867 bits per heavy atom. The average molecular weight is 1180 g/mol. The van der Waals surface area contributed by atoms with Gasteiger partial charge in [-0.25, -0.2) is 0 Å². The van der Waals surface area contributed by atoms with Crippen LogP contribution in [-0.4, -0.2) is 86.1 Å². The van der Waals surface area contributed by atoms with E-state index in [1.54, 1.807) is 43.5 Å². The van der Waals surface area contributed by atoms with Crippen LogP contribution in [0.1, 0.15) is 50.9 Å². The number of rotatable bonds is 8. The van der Waals surface area contributed by atoms with Crippen LogP contribution in [0.5, 0.6) is 0 Å². The summed E-state index contributed by atoms with van der Waals surface area (Å²) in [6.07, 6.45) is 3.52. The molecule has 9 rings (SSSR count). The number of hydrogen-bond donors (Lipinski definition) is 5. The molecule has 7 N–H and O–H groups in total. The Morgan fingerprint density at radius 1 is 0.493 bits per heavy atom. The summed E-state index contributed by atoms with van der Waals surface area (Å²) in [6, 6.07) is 32.7. The van der Waals surface area contributed by atoms with E-state index >= 15 is 0 Å². The first kappa shape index (κ1) is 57.7. The van der Waals surface area contributed by atoms with E-state index < -0.39 is 62.0 Å². The van der Waals surface area contributed by atoms with Crippen molar-refractivity contribution >= 4 is 73.0 Å². The van der Waals surface area contributed by atoms with Crippen molar-refractivity contribution in [2.45, 2.75) is 31.0 Å². The molecule has 0 amide bonds. The topological polar surface area (TPSA) is 349 Å². The second-order valence-electron chi connectivity index (χ2n) is 15.9. The van der Waals surface area contributed by atoms with Crippen LogP contribution in [0, 0.1) is 0 Å². The number of alkyl halides is 3. The minimum Gasteiger partial charge on any atom is -0.660 e. The number of nitrogens with zero attached hydrogens (tertiary/aromatic N) is 4. The Balaban J connectivity index is 0.000000846. The number of benzene rings is 4. The van der Waals surface area contributed by atoms with Gasteiger partial charge in [0.05, 0.1) is 36.7 Å². The number of halogens is 3. The normalized spacial score (nSPS) is 17.5. The van der Waals surface area contributed by atoms with Gasteiger partial charge in [0.15, 0.2) is 0 Å². The zero-order valence-corrected chi connectivity index (χ0v) is 42.5. The van der Waals surface area contributed by atoms with Crippen molar-refractivity contribution in [1.82, 2.24) is 14.5 Å². The molecule has 0 saturated heterocycles. The molecule has 0 fully saturated rings. The molecule has 397 valence electrons. The second-order valence-corrected chi connectivity index (χ2v) is 23.0. The van der Waals surface area contributed by atoms with Gasteiger partial charge in [-0.05, 0) is 106 Å². The quantitative estimate of drug-likeness (QED) is 0.0818. The van der Waals surface area contributed by atoms with Crippen LogP contribution in [0.2, 0.25) is 0 Å². The number of allylic oxidation sites excluding steroid dienone is 2. The summed E-state index contributed by atoms with van der Waals surface area (Å²) in [5, 5.41) is 0.787. The van der Waals surface area contributed by atoms with Gasteiger partial charge in [-0.1, -0.05) is 72.8 Å². The minimum absolute atomic E-state index is 0. The average Bonchev–Trinajstić information content (AvgIpc) is 4.14. The predicted octanol–water partition coefficient (Wildman–Crippen LogP) is 3.90. The van der Waals surface area contributed by atoms with E-state index in [0.29, 0.717) is 83.9 Å². The maximum absolute atomic E-state index is 12.1. The molecule has 0 aliphatic carbocycles. The molecule has 5 heterocycles. The van der Waals surface area contributed by atoms with Crippen molar-refractivity contribution < 1.29 is 101 Å². The molecule has 29 heteroatoms. The summed E-state index contributed by atoms with van der Waals surface area (Å²) in [5.41, 5.74) is 0.818. The Hall–Kier alpha value is -6.57. The van der Waals surface area contributed by atoms with E-state index in [2.05, 4.69) is 0 Å². The third-order valence-electron chi connectivity index (χ3n) is 11.3. The fraction of sp³-hybridized carbons (Fsp3) is 0.0652. The molecule has 0 saturated carbocycles. The fourth-order valence-corrected chi connectivity index (χ4v) is 9.92. The van der Waals surface area contributed by atoms with Gasteiger partial charge in [-0.15, -0.1) is 22.1 Å². The summed E-state index contributed by atoms with van der Waals surface area (Å²) in [7, 11) is -22.3. The third-order valence-corrected chi connectivity index (χ3v) is 15.4. The second kappa shape index (κ2) is 20.9. The first-order valence-electron chi connectivity index (χ1n) is 20.4. The van der Waals surface area contributed by atoms with Crippen molar-refractivity contribution in [3.63, 3.8) is 0 Å². The molecule has 7 aromatic rings. The van der Waals surface area contributed by atoms with Crippen LogP contribution in [0.3, 0.4) is 0 Å². The van der Waals surface area contributed by atoms with E-state index in [0.717, 1.165) is 0 Å². The third kappa shape index (κ3) is 12.1. The van der Waals surface area contributed by atoms with Crippen molar-refractivity contribution in [2.75, 3.05) is 0 Å². The van der Waals surface area contributed by atoms with Gasteiger partial charge in [0.25, 0.3) is 40.5 Å². The molecule has 1 atom stereocenters. The fourth-order valence-electron chi connectivity index (χ4n) is 8.00. The predicted molar refractivity (Wildman–Crippen MR) is 258 cm³/mol. The summed E-state index contributed by atoms with van der Waals surface area (Å²) < 4.78 is 195. The molecule has 4 aromatic carbocycles. The van der Waals surface area contributed by atoms with Gasteiger partial charge in [0, 0.05) is 24.2 Å². The molecular formula is C46H35CuF3N4O16S5. The van der Waals surface area contributed by atoms with Crippen LogP contribution in [-0.2, 0) is 74.7 Å². The van der Waals surface area contributed by atoms with Crippen LogP contribution >= 0.6 is 0 Å². The minimum atomic E-state index is -5.84. The monoisotopic (exact) mass is 1180 g/mol. The Morgan fingerprint density at radius 3 is 1.28 bits per heavy atom. The molecule has 20 nitrogen and oxygen atoms in total. The zero-order valence-electron chi connectivity index (χ0n) is 37.5. The maximum atomic E-state index is 12.1. The van der Waals surface area contributed by atoms with E-state index in [4.69, 9.17) is 27.9 Å². The maximum Gasteiger partial charge on any atom is 2.00 e. The summed E-state index contributed by atoms with van der Waals surface area (Å²) in [6.45, 7) is 0. The number of fused-ring (bicyclic) bond motifs is 7. The Kier molecular flexibility index (Phi) is 16.1. The van der Waals surface area contributed by atoms with Crippen molar-refractivity contribution in [3.8, 4) is 0 Å². The number of aliphatic imine (C=N–C) groups is 1. The van der Waals surface area contributed by atoms with E-state index in [1.165, 1.54) is 97.1 Å². The van der Waals surface area contributed by atoms with Gasteiger partial charge in [-0.3, -0.25) is 27.8 Å². The molecule has 0 spiro atoms. The van der Waals surface area contributed by atoms with Crippen LogP contribution < -0.4 is 20.7 Å². The zero-order chi connectivity index (χ0) is 53.2. The molecule has 3 aromatic heterocycles.